The average molecular weight is 258 g/mol. The van der Waals surface area contributed by atoms with Gasteiger partial charge >= 0.3 is 5.97 Å². The number of rotatable bonds is 4. The molecule has 4 heteroatoms. The monoisotopic (exact) mass is 258 g/mol. The molecule has 1 aromatic carbocycles. The zero-order valence-corrected chi connectivity index (χ0v) is 11.4. The number of nitrogens with one attached hydrogen (secondary N) is 1. The third-order valence-electron chi connectivity index (χ3n) is 3.49. The van der Waals surface area contributed by atoms with Crippen LogP contribution in [0.15, 0.2) is 30.3 Å². The van der Waals surface area contributed by atoms with Gasteiger partial charge in [0.25, 0.3) is 0 Å². The van der Waals surface area contributed by atoms with Gasteiger partial charge in [-0.1, -0.05) is 0 Å². The van der Waals surface area contributed by atoms with Crippen molar-refractivity contribution in [2.24, 2.45) is 7.05 Å². The Hall–Kier alpha value is -2.23. The van der Waals surface area contributed by atoms with Crippen molar-refractivity contribution >= 4 is 11.7 Å². The zero-order valence-electron chi connectivity index (χ0n) is 11.4. The van der Waals surface area contributed by atoms with Gasteiger partial charge in [0.05, 0.1) is 5.56 Å². The molecular weight excluding hydrogens is 240 g/mol. The van der Waals surface area contributed by atoms with Crippen LogP contribution in [-0.4, -0.2) is 15.6 Å². The van der Waals surface area contributed by atoms with Crippen molar-refractivity contribution in [2.45, 2.75) is 20.4 Å². The molecule has 0 radical (unpaired) electrons. The summed E-state index contributed by atoms with van der Waals surface area (Å²) in [6.45, 7) is 4.91. The van der Waals surface area contributed by atoms with E-state index in [1.165, 1.54) is 17.0 Å². The third-order valence-corrected chi connectivity index (χ3v) is 3.49. The van der Waals surface area contributed by atoms with Crippen LogP contribution in [0.5, 0.6) is 0 Å². The van der Waals surface area contributed by atoms with Gasteiger partial charge in [0, 0.05) is 30.7 Å². The molecule has 2 aromatic rings. The first kappa shape index (κ1) is 13.2. The SMILES string of the molecule is Cc1cc(CNc2ccc(C(=O)O)cc2)c(C)n1C. The average Bonchev–Trinajstić information content (AvgIpc) is 2.64. The molecular formula is C15H18N2O2. The fourth-order valence-electron chi connectivity index (χ4n) is 2.04. The van der Waals surface area contributed by atoms with Crippen LogP contribution < -0.4 is 5.32 Å². The standard InChI is InChI=1S/C15H18N2O2/c1-10-8-13(11(2)17(10)3)9-16-14-6-4-12(5-7-14)15(18)19/h4-8,16H,9H2,1-3H3,(H,18,19). The first-order valence-electron chi connectivity index (χ1n) is 6.18. The molecule has 1 heterocycles. The maximum absolute atomic E-state index is 10.8. The van der Waals surface area contributed by atoms with E-state index in [1.807, 2.05) is 0 Å². The summed E-state index contributed by atoms with van der Waals surface area (Å²) < 4.78 is 2.16. The topological polar surface area (TPSA) is 54.3 Å². The number of aromatic carboxylic acids is 1. The Kier molecular flexibility index (Phi) is 3.60. The van der Waals surface area contributed by atoms with Crippen LogP contribution in [0.3, 0.4) is 0 Å². The van der Waals surface area contributed by atoms with Gasteiger partial charge in [-0.25, -0.2) is 4.79 Å². The number of carbonyl (C=O) groups is 1. The lowest BCUT2D eigenvalue weighted by atomic mass is 10.2. The van der Waals surface area contributed by atoms with Gasteiger partial charge in [-0.15, -0.1) is 0 Å². The first-order valence-corrected chi connectivity index (χ1v) is 6.18. The minimum absolute atomic E-state index is 0.303. The molecule has 0 spiro atoms. The number of carboxylic acids is 1. The Labute approximate surface area is 112 Å². The van der Waals surface area contributed by atoms with Gasteiger partial charge in [0.1, 0.15) is 0 Å². The van der Waals surface area contributed by atoms with E-state index in [9.17, 15) is 4.79 Å². The quantitative estimate of drug-likeness (QED) is 0.886. The highest BCUT2D eigenvalue weighted by Gasteiger charge is 2.06. The molecule has 0 aliphatic rings. The van der Waals surface area contributed by atoms with Gasteiger partial charge < -0.3 is 15.0 Å². The second-order valence-electron chi connectivity index (χ2n) is 4.69. The number of hydrogen-bond donors (Lipinski definition) is 2. The highest BCUT2D eigenvalue weighted by Crippen LogP contribution is 2.16. The molecule has 4 nitrogen and oxygen atoms in total. The van der Waals surface area contributed by atoms with E-state index in [-0.39, 0.29) is 0 Å². The van der Waals surface area contributed by atoms with Crippen LogP contribution in [0.2, 0.25) is 0 Å². The molecule has 2 rings (SSSR count). The van der Waals surface area contributed by atoms with Crippen molar-refractivity contribution in [1.82, 2.24) is 4.57 Å². The fourth-order valence-corrected chi connectivity index (χ4v) is 2.04. The summed E-state index contributed by atoms with van der Waals surface area (Å²) in [4.78, 5) is 10.8. The largest absolute Gasteiger partial charge is 0.478 e. The molecule has 0 bridgehead atoms. The molecule has 0 fully saturated rings. The van der Waals surface area contributed by atoms with Crippen molar-refractivity contribution in [3.05, 3.63) is 52.8 Å². The lowest BCUT2D eigenvalue weighted by Crippen LogP contribution is -2.02. The van der Waals surface area contributed by atoms with Crippen molar-refractivity contribution in [2.75, 3.05) is 5.32 Å². The normalized spacial score (nSPS) is 10.5. The van der Waals surface area contributed by atoms with Crippen LogP contribution in [0.25, 0.3) is 0 Å². The van der Waals surface area contributed by atoms with Crippen molar-refractivity contribution in [3.8, 4) is 0 Å². The Morgan fingerprint density at radius 1 is 1.26 bits per heavy atom. The van der Waals surface area contributed by atoms with E-state index in [0.717, 1.165) is 12.2 Å². The van der Waals surface area contributed by atoms with E-state index in [0.29, 0.717) is 5.56 Å². The minimum atomic E-state index is -0.902. The van der Waals surface area contributed by atoms with Crippen LogP contribution >= 0.6 is 0 Å². The van der Waals surface area contributed by atoms with Crippen molar-refractivity contribution in [1.29, 1.82) is 0 Å². The second-order valence-corrected chi connectivity index (χ2v) is 4.69. The molecule has 0 saturated carbocycles. The number of nitrogens with zero attached hydrogens (tertiary/aromatic N) is 1. The van der Waals surface area contributed by atoms with Gasteiger partial charge in [-0.2, -0.15) is 0 Å². The Morgan fingerprint density at radius 3 is 2.37 bits per heavy atom. The number of carboxylic acid groups (broad SMARTS) is 1. The summed E-state index contributed by atoms with van der Waals surface area (Å²) in [6, 6.07) is 8.94. The highest BCUT2D eigenvalue weighted by atomic mass is 16.4. The van der Waals surface area contributed by atoms with E-state index >= 15 is 0 Å². The maximum atomic E-state index is 10.8. The molecule has 0 atom stereocenters. The molecule has 100 valence electrons. The van der Waals surface area contributed by atoms with Gasteiger partial charge in [0.15, 0.2) is 0 Å². The van der Waals surface area contributed by atoms with Crippen LogP contribution in [0.1, 0.15) is 27.3 Å². The lowest BCUT2D eigenvalue weighted by molar-refractivity contribution is 0.0697. The van der Waals surface area contributed by atoms with E-state index < -0.39 is 5.97 Å². The van der Waals surface area contributed by atoms with Gasteiger partial charge in [-0.05, 0) is 49.7 Å². The Bertz CT molecular complexity index is 597. The predicted molar refractivity (Wildman–Crippen MR) is 75.6 cm³/mol. The van der Waals surface area contributed by atoms with Crippen LogP contribution in [-0.2, 0) is 13.6 Å². The predicted octanol–water partition coefficient (Wildman–Crippen LogP) is 2.95. The lowest BCUT2D eigenvalue weighted by Gasteiger charge is -2.07. The molecule has 1 aromatic heterocycles. The zero-order chi connectivity index (χ0) is 14.0. The van der Waals surface area contributed by atoms with Crippen molar-refractivity contribution < 1.29 is 9.90 Å². The number of aryl methyl sites for hydroxylation is 1. The number of anilines is 1. The fraction of sp³-hybridized carbons (Fsp3) is 0.267. The Balaban J connectivity index is 2.06. The van der Waals surface area contributed by atoms with E-state index in [2.05, 4.69) is 36.8 Å². The number of benzene rings is 1. The summed E-state index contributed by atoms with van der Waals surface area (Å²) in [5, 5.41) is 12.1. The molecule has 0 aliphatic carbocycles. The van der Waals surface area contributed by atoms with E-state index in [4.69, 9.17) is 5.11 Å². The highest BCUT2D eigenvalue weighted by molar-refractivity contribution is 5.87. The summed E-state index contributed by atoms with van der Waals surface area (Å²) in [7, 11) is 2.05. The minimum Gasteiger partial charge on any atom is -0.478 e. The third kappa shape index (κ3) is 2.78. The summed E-state index contributed by atoms with van der Waals surface area (Å²) in [6.07, 6.45) is 0. The smallest absolute Gasteiger partial charge is 0.335 e. The Morgan fingerprint density at radius 2 is 1.89 bits per heavy atom. The second kappa shape index (κ2) is 5.18. The molecule has 19 heavy (non-hydrogen) atoms. The van der Waals surface area contributed by atoms with Crippen LogP contribution in [0, 0.1) is 13.8 Å². The van der Waals surface area contributed by atoms with E-state index in [1.54, 1.807) is 24.3 Å². The number of hydrogen-bond acceptors (Lipinski definition) is 2. The number of aromatic nitrogens is 1. The molecule has 0 aliphatic heterocycles. The summed E-state index contributed by atoms with van der Waals surface area (Å²) in [5.41, 5.74) is 4.95. The van der Waals surface area contributed by atoms with Gasteiger partial charge in [0.2, 0.25) is 0 Å². The molecule has 2 N–H and O–H groups in total. The summed E-state index contributed by atoms with van der Waals surface area (Å²) >= 11 is 0. The van der Waals surface area contributed by atoms with Crippen LogP contribution in [0.4, 0.5) is 5.69 Å². The van der Waals surface area contributed by atoms with Crippen molar-refractivity contribution in [3.63, 3.8) is 0 Å². The summed E-state index contributed by atoms with van der Waals surface area (Å²) in [5.74, 6) is -0.902. The maximum Gasteiger partial charge on any atom is 0.335 e. The molecule has 0 unspecified atom stereocenters. The molecule has 0 saturated heterocycles. The first-order chi connectivity index (χ1) is 8.99. The molecule has 0 amide bonds. The van der Waals surface area contributed by atoms with Gasteiger partial charge in [-0.3, -0.25) is 0 Å².